The van der Waals surface area contributed by atoms with Crippen LogP contribution < -0.4 is 0 Å². The van der Waals surface area contributed by atoms with Crippen molar-refractivity contribution in [3.63, 3.8) is 0 Å². The maximum Gasteiger partial charge on any atom is 0.430 e. The van der Waals surface area contributed by atoms with Crippen LogP contribution in [0, 0.1) is 0 Å². The van der Waals surface area contributed by atoms with Gasteiger partial charge >= 0.3 is 12.4 Å². The lowest BCUT2D eigenvalue weighted by atomic mass is 9.90. The molecule has 0 radical (unpaired) electrons. The standard InChI is InChI=1S/C27H27F6N3O/c28-26(29,30)25(37,27(31,32)33)24-7-5-23(6-8-24)22-3-1-21(2-4-22)19-36-17-15-35(16-18-36)14-11-20-9-12-34-13-10-20/h1-10,12-13,37H,11,14-19H2. The Morgan fingerprint density at radius 1 is 0.649 bits per heavy atom. The number of hydrogen-bond donors (Lipinski definition) is 1. The molecule has 10 heteroatoms. The van der Waals surface area contributed by atoms with Gasteiger partial charge in [0.15, 0.2) is 0 Å². The molecule has 1 aromatic heterocycles. The van der Waals surface area contributed by atoms with Crippen molar-refractivity contribution in [1.82, 2.24) is 14.8 Å². The molecule has 0 spiro atoms. The Morgan fingerprint density at radius 2 is 1.14 bits per heavy atom. The van der Waals surface area contributed by atoms with Crippen LogP contribution in [0.1, 0.15) is 16.7 Å². The highest BCUT2D eigenvalue weighted by atomic mass is 19.4. The lowest BCUT2D eigenvalue weighted by Crippen LogP contribution is -2.53. The molecule has 0 atom stereocenters. The SMILES string of the molecule is OC(c1ccc(-c2ccc(CN3CCN(CCc4ccncc4)CC3)cc2)cc1)(C(F)(F)F)C(F)(F)F. The van der Waals surface area contributed by atoms with Crippen molar-refractivity contribution < 1.29 is 31.4 Å². The molecule has 37 heavy (non-hydrogen) atoms. The van der Waals surface area contributed by atoms with Gasteiger partial charge < -0.3 is 10.0 Å². The number of aromatic nitrogens is 1. The van der Waals surface area contributed by atoms with E-state index in [1.54, 1.807) is 24.5 Å². The van der Waals surface area contributed by atoms with Crippen LogP contribution >= 0.6 is 0 Å². The van der Waals surface area contributed by atoms with Crippen LogP contribution in [0.15, 0.2) is 73.1 Å². The van der Waals surface area contributed by atoms with E-state index in [9.17, 15) is 31.4 Å². The topological polar surface area (TPSA) is 39.6 Å². The molecule has 1 aliphatic heterocycles. The largest absolute Gasteiger partial charge is 0.430 e. The number of piperazine rings is 1. The van der Waals surface area contributed by atoms with E-state index in [1.807, 2.05) is 24.3 Å². The third-order valence-corrected chi connectivity index (χ3v) is 6.75. The lowest BCUT2D eigenvalue weighted by Gasteiger charge is -2.34. The predicted octanol–water partition coefficient (Wildman–Crippen LogP) is 5.42. The fraction of sp³-hybridized carbons (Fsp3) is 0.370. The zero-order chi connectivity index (χ0) is 26.7. The van der Waals surface area contributed by atoms with Gasteiger partial charge in [0.25, 0.3) is 5.60 Å². The number of pyridine rings is 1. The maximum atomic E-state index is 13.1. The van der Waals surface area contributed by atoms with Crippen molar-refractivity contribution in [3.8, 4) is 11.1 Å². The molecule has 4 rings (SSSR count). The molecule has 0 saturated carbocycles. The second-order valence-corrected chi connectivity index (χ2v) is 9.20. The number of alkyl halides is 6. The summed E-state index contributed by atoms with van der Waals surface area (Å²) in [6.45, 7) is 5.55. The first-order valence-electron chi connectivity index (χ1n) is 11.9. The van der Waals surface area contributed by atoms with Crippen molar-refractivity contribution >= 4 is 0 Å². The molecule has 4 nitrogen and oxygen atoms in total. The van der Waals surface area contributed by atoms with Gasteiger partial charge in [-0.2, -0.15) is 26.3 Å². The fourth-order valence-electron chi connectivity index (χ4n) is 4.46. The summed E-state index contributed by atoms with van der Waals surface area (Å²) in [7, 11) is 0. The molecule has 1 N–H and O–H groups in total. The Labute approximate surface area is 211 Å². The summed E-state index contributed by atoms with van der Waals surface area (Å²) in [6.07, 6.45) is -7.22. The van der Waals surface area contributed by atoms with Gasteiger partial charge in [0.1, 0.15) is 0 Å². The number of hydrogen-bond acceptors (Lipinski definition) is 4. The Hall–Kier alpha value is -2.95. The minimum absolute atomic E-state index is 0.449. The van der Waals surface area contributed by atoms with Crippen LogP contribution in [-0.4, -0.2) is 65.0 Å². The first-order chi connectivity index (χ1) is 17.5. The van der Waals surface area contributed by atoms with E-state index in [-0.39, 0.29) is 0 Å². The Morgan fingerprint density at radius 3 is 1.65 bits per heavy atom. The Kier molecular flexibility index (Phi) is 7.91. The zero-order valence-corrected chi connectivity index (χ0v) is 19.9. The summed E-state index contributed by atoms with van der Waals surface area (Å²) in [4.78, 5) is 8.82. The molecule has 198 valence electrons. The summed E-state index contributed by atoms with van der Waals surface area (Å²) < 4.78 is 78.6. The van der Waals surface area contributed by atoms with E-state index in [0.717, 1.165) is 63.4 Å². The molecule has 2 heterocycles. The molecule has 2 aromatic carbocycles. The predicted molar refractivity (Wildman–Crippen MR) is 128 cm³/mol. The second-order valence-electron chi connectivity index (χ2n) is 9.20. The minimum Gasteiger partial charge on any atom is -0.369 e. The molecule has 0 bridgehead atoms. The minimum atomic E-state index is -5.90. The summed E-state index contributed by atoms with van der Waals surface area (Å²) in [5.74, 6) is 0. The lowest BCUT2D eigenvalue weighted by molar-refractivity contribution is -0.376. The van der Waals surface area contributed by atoms with Gasteiger partial charge in [-0.1, -0.05) is 48.5 Å². The van der Waals surface area contributed by atoms with Crippen molar-refractivity contribution in [3.05, 3.63) is 89.7 Å². The highest BCUT2D eigenvalue weighted by Gasteiger charge is 2.71. The summed E-state index contributed by atoms with van der Waals surface area (Å²) in [5.41, 5.74) is -2.76. The quantitative estimate of drug-likeness (QED) is 0.420. The number of halogens is 6. The summed E-state index contributed by atoms with van der Waals surface area (Å²) in [5, 5.41) is 9.55. The van der Waals surface area contributed by atoms with Crippen LogP contribution in [0.5, 0.6) is 0 Å². The second kappa shape index (κ2) is 10.8. The van der Waals surface area contributed by atoms with Crippen molar-refractivity contribution in [2.24, 2.45) is 0 Å². The Bertz CT molecular complexity index is 1130. The molecule has 1 saturated heterocycles. The summed E-state index contributed by atoms with van der Waals surface area (Å²) >= 11 is 0. The van der Waals surface area contributed by atoms with Gasteiger partial charge in [0, 0.05) is 57.2 Å². The summed E-state index contributed by atoms with van der Waals surface area (Å²) in [6, 6.07) is 15.1. The van der Waals surface area contributed by atoms with E-state index in [0.29, 0.717) is 23.3 Å². The average molecular weight is 524 g/mol. The normalized spacial score (nSPS) is 16.2. The number of rotatable bonds is 7. The highest BCUT2D eigenvalue weighted by molar-refractivity contribution is 5.64. The van der Waals surface area contributed by atoms with Gasteiger partial charge in [-0.25, -0.2) is 0 Å². The highest BCUT2D eigenvalue weighted by Crippen LogP contribution is 2.50. The van der Waals surface area contributed by atoms with E-state index in [2.05, 4.69) is 14.8 Å². The molecule has 0 amide bonds. The molecule has 0 aliphatic carbocycles. The maximum absolute atomic E-state index is 13.1. The molecular formula is C27H27F6N3O. The molecule has 1 aliphatic rings. The van der Waals surface area contributed by atoms with E-state index < -0.39 is 23.5 Å². The van der Waals surface area contributed by atoms with Crippen molar-refractivity contribution in [1.29, 1.82) is 0 Å². The smallest absolute Gasteiger partial charge is 0.369 e. The van der Waals surface area contributed by atoms with Crippen molar-refractivity contribution in [2.75, 3.05) is 32.7 Å². The number of nitrogens with zero attached hydrogens (tertiary/aromatic N) is 3. The zero-order valence-electron chi connectivity index (χ0n) is 19.9. The van der Waals surface area contributed by atoms with Crippen LogP contribution in [0.4, 0.5) is 26.3 Å². The molecule has 1 fully saturated rings. The van der Waals surface area contributed by atoms with Crippen molar-refractivity contribution in [2.45, 2.75) is 30.9 Å². The van der Waals surface area contributed by atoms with Gasteiger partial charge in [-0.15, -0.1) is 0 Å². The number of aliphatic hydroxyl groups is 1. The van der Waals surface area contributed by atoms with Gasteiger partial charge in [0.05, 0.1) is 0 Å². The van der Waals surface area contributed by atoms with Crippen LogP contribution in [0.2, 0.25) is 0 Å². The third-order valence-electron chi connectivity index (χ3n) is 6.75. The van der Waals surface area contributed by atoms with Crippen LogP contribution in [-0.2, 0) is 18.6 Å². The first-order valence-corrected chi connectivity index (χ1v) is 11.9. The fourth-order valence-corrected chi connectivity index (χ4v) is 4.46. The van der Waals surface area contributed by atoms with E-state index in [1.165, 1.54) is 5.56 Å². The average Bonchev–Trinajstić information content (AvgIpc) is 2.88. The van der Waals surface area contributed by atoms with Gasteiger partial charge in [-0.3, -0.25) is 9.88 Å². The molecule has 3 aromatic rings. The van der Waals surface area contributed by atoms with Crippen LogP contribution in [0.3, 0.4) is 0 Å². The first kappa shape index (κ1) is 27.1. The van der Waals surface area contributed by atoms with Gasteiger partial charge in [0.2, 0.25) is 0 Å². The van der Waals surface area contributed by atoms with Gasteiger partial charge in [-0.05, 0) is 40.8 Å². The van der Waals surface area contributed by atoms with E-state index in [4.69, 9.17) is 0 Å². The molecular weight excluding hydrogens is 496 g/mol. The van der Waals surface area contributed by atoms with E-state index >= 15 is 0 Å². The molecule has 0 unspecified atom stereocenters. The third kappa shape index (κ3) is 6.14. The Balaban J connectivity index is 1.33. The monoisotopic (exact) mass is 523 g/mol. The van der Waals surface area contributed by atoms with Crippen LogP contribution in [0.25, 0.3) is 11.1 Å². The number of benzene rings is 2.